The van der Waals surface area contributed by atoms with Gasteiger partial charge in [0.25, 0.3) is 5.91 Å². The third kappa shape index (κ3) is 4.01. The summed E-state index contributed by atoms with van der Waals surface area (Å²) in [4.78, 5) is 43.2. The summed E-state index contributed by atoms with van der Waals surface area (Å²) in [6.45, 7) is 2.88. The van der Waals surface area contributed by atoms with Crippen LogP contribution in [0.4, 0.5) is 4.79 Å². The van der Waals surface area contributed by atoms with Crippen LogP contribution in [0.1, 0.15) is 41.2 Å². The minimum Gasteiger partial charge on any atom is -0.503 e. The summed E-state index contributed by atoms with van der Waals surface area (Å²) in [7, 11) is 1.51. The summed E-state index contributed by atoms with van der Waals surface area (Å²) < 4.78 is 16.3. The number of furan rings is 1. The van der Waals surface area contributed by atoms with E-state index in [0.717, 1.165) is 4.88 Å². The van der Waals surface area contributed by atoms with E-state index in [1.165, 1.54) is 18.4 Å². The number of methoxy groups -OCH3 is 1. The number of hydrogen-bond acceptors (Lipinski definition) is 8. The normalized spacial score (nSPS) is 18.8. The quantitative estimate of drug-likeness (QED) is 0.479. The smallest absolute Gasteiger partial charge is 0.409 e. The van der Waals surface area contributed by atoms with Crippen LogP contribution in [0.5, 0.6) is 5.75 Å². The standard InChI is InChI=1S/C26H26N2O7S/c1-3-34-26(32)27-11-9-16(10-12-27)28-21(19-8-5-13-36-19)20(23(30)25(28)31)22(29)18-14-15-6-4-7-17(33-2)24(15)35-18/h4-8,13-14,16,21,30H,3,9-12H2,1-2H3. The molecule has 2 aromatic heterocycles. The van der Waals surface area contributed by atoms with Gasteiger partial charge in [-0.2, -0.15) is 0 Å². The minimum atomic E-state index is -0.751. The molecule has 0 bridgehead atoms. The van der Waals surface area contributed by atoms with Gasteiger partial charge in [-0.15, -0.1) is 11.3 Å². The predicted molar refractivity (Wildman–Crippen MR) is 132 cm³/mol. The van der Waals surface area contributed by atoms with E-state index in [4.69, 9.17) is 13.9 Å². The Bertz CT molecular complexity index is 1340. The fourth-order valence-corrected chi connectivity index (χ4v) is 5.77. The van der Waals surface area contributed by atoms with Crippen molar-refractivity contribution in [3.05, 3.63) is 63.7 Å². The molecule has 2 amide bonds. The maximum Gasteiger partial charge on any atom is 0.409 e. The van der Waals surface area contributed by atoms with Gasteiger partial charge in [0.15, 0.2) is 22.9 Å². The van der Waals surface area contributed by atoms with Crippen molar-refractivity contribution >= 4 is 40.1 Å². The fraction of sp³-hybridized carbons (Fsp3) is 0.346. The van der Waals surface area contributed by atoms with Crippen molar-refractivity contribution in [2.24, 2.45) is 0 Å². The van der Waals surface area contributed by atoms with Crippen LogP contribution in [0, 0.1) is 0 Å². The van der Waals surface area contributed by atoms with Crippen LogP contribution in [0.15, 0.2) is 57.5 Å². The number of rotatable bonds is 6. The number of para-hydroxylation sites is 1. The molecule has 188 valence electrons. The van der Waals surface area contributed by atoms with Gasteiger partial charge < -0.3 is 28.8 Å². The van der Waals surface area contributed by atoms with E-state index < -0.39 is 23.5 Å². The molecule has 4 heterocycles. The van der Waals surface area contributed by atoms with E-state index in [1.54, 1.807) is 41.0 Å². The molecule has 0 saturated carbocycles. The Hall–Kier alpha value is -3.79. The number of aliphatic hydroxyl groups excluding tert-OH is 1. The Labute approximate surface area is 211 Å². The van der Waals surface area contributed by atoms with Crippen LogP contribution in [0.2, 0.25) is 0 Å². The summed E-state index contributed by atoms with van der Waals surface area (Å²) >= 11 is 1.40. The lowest BCUT2D eigenvalue weighted by Crippen LogP contribution is -2.48. The summed E-state index contributed by atoms with van der Waals surface area (Å²) in [5, 5.41) is 13.5. The third-order valence-corrected chi connectivity index (χ3v) is 7.56. The first kappa shape index (κ1) is 23.9. The van der Waals surface area contributed by atoms with Gasteiger partial charge in [0.1, 0.15) is 6.04 Å². The number of fused-ring (bicyclic) bond motifs is 1. The molecule has 2 aliphatic heterocycles. The van der Waals surface area contributed by atoms with Crippen LogP contribution in [0.25, 0.3) is 11.0 Å². The molecule has 1 unspecified atom stereocenters. The summed E-state index contributed by atoms with van der Waals surface area (Å²) in [5.41, 5.74) is 0.414. The van der Waals surface area contributed by atoms with Crippen molar-refractivity contribution in [1.82, 2.24) is 9.80 Å². The highest BCUT2D eigenvalue weighted by molar-refractivity contribution is 7.10. The van der Waals surface area contributed by atoms with Gasteiger partial charge in [0, 0.05) is 29.4 Å². The molecule has 9 nitrogen and oxygen atoms in total. The summed E-state index contributed by atoms with van der Waals surface area (Å²) in [6, 6.07) is 9.59. The highest BCUT2D eigenvalue weighted by Gasteiger charge is 2.48. The number of amides is 2. The number of aliphatic hydroxyl groups is 1. The van der Waals surface area contributed by atoms with Gasteiger partial charge in [0.05, 0.1) is 19.3 Å². The molecule has 0 radical (unpaired) electrons. The number of nitrogens with zero attached hydrogens (tertiary/aromatic N) is 2. The third-order valence-electron chi connectivity index (χ3n) is 6.64. The highest BCUT2D eigenvalue weighted by atomic mass is 32.1. The molecule has 1 fully saturated rings. The maximum absolute atomic E-state index is 13.7. The molecule has 2 aliphatic rings. The van der Waals surface area contributed by atoms with Crippen molar-refractivity contribution in [1.29, 1.82) is 0 Å². The van der Waals surface area contributed by atoms with Crippen molar-refractivity contribution in [2.45, 2.75) is 31.8 Å². The van der Waals surface area contributed by atoms with E-state index in [9.17, 15) is 19.5 Å². The highest BCUT2D eigenvalue weighted by Crippen LogP contribution is 2.44. The zero-order chi connectivity index (χ0) is 25.4. The zero-order valence-electron chi connectivity index (χ0n) is 19.9. The Morgan fingerprint density at radius 2 is 1.97 bits per heavy atom. The first-order valence-corrected chi connectivity index (χ1v) is 12.6. The number of carbonyl (C=O) groups excluding carboxylic acids is 3. The molecule has 5 rings (SSSR count). The number of piperidine rings is 1. The second-order valence-corrected chi connectivity index (χ2v) is 9.61. The SMILES string of the molecule is CCOC(=O)N1CCC(N2C(=O)C(O)=C(C(=O)c3cc4cccc(OC)c4o3)C2c2cccs2)CC1. The van der Waals surface area contributed by atoms with Crippen molar-refractivity contribution in [3.63, 3.8) is 0 Å². The van der Waals surface area contributed by atoms with Gasteiger partial charge in [-0.3, -0.25) is 9.59 Å². The van der Waals surface area contributed by atoms with E-state index in [2.05, 4.69) is 0 Å². The number of Topliss-reactive ketones (excluding diaryl/α,β-unsaturated/α-hetero) is 1. The molecule has 3 aromatic rings. The largest absolute Gasteiger partial charge is 0.503 e. The van der Waals surface area contributed by atoms with E-state index in [0.29, 0.717) is 49.3 Å². The first-order chi connectivity index (χ1) is 17.4. The van der Waals surface area contributed by atoms with Crippen LogP contribution >= 0.6 is 11.3 Å². The zero-order valence-corrected chi connectivity index (χ0v) is 20.7. The maximum atomic E-state index is 13.7. The molecule has 10 heteroatoms. The number of likely N-dealkylation sites (tertiary alicyclic amines) is 1. The summed E-state index contributed by atoms with van der Waals surface area (Å²) in [5.74, 6) is -1.22. The molecule has 36 heavy (non-hydrogen) atoms. The van der Waals surface area contributed by atoms with Crippen molar-refractivity contribution < 1.29 is 33.4 Å². The van der Waals surface area contributed by atoms with Gasteiger partial charge in [-0.05, 0) is 43.3 Å². The average Bonchev–Trinajstić information content (AvgIpc) is 3.62. The molecule has 1 saturated heterocycles. The lowest BCUT2D eigenvalue weighted by molar-refractivity contribution is -0.132. The van der Waals surface area contributed by atoms with Gasteiger partial charge in [0.2, 0.25) is 5.78 Å². The number of ketones is 1. The molecule has 1 N–H and O–H groups in total. The van der Waals surface area contributed by atoms with Gasteiger partial charge >= 0.3 is 6.09 Å². The molecular weight excluding hydrogens is 484 g/mol. The van der Waals surface area contributed by atoms with Crippen LogP contribution < -0.4 is 4.74 Å². The second-order valence-electron chi connectivity index (χ2n) is 8.63. The van der Waals surface area contributed by atoms with E-state index >= 15 is 0 Å². The van der Waals surface area contributed by atoms with Crippen LogP contribution in [-0.2, 0) is 9.53 Å². The Morgan fingerprint density at radius 1 is 1.19 bits per heavy atom. The molecule has 1 atom stereocenters. The number of hydrogen-bond donors (Lipinski definition) is 1. The van der Waals surface area contributed by atoms with Gasteiger partial charge in [-0.1, -0.05) is 18.2 Å². The minimum absolute atomic E-state index is 0.00621. The number of ether oxygens (including phenoxy) is 2. The van der Waals surface area contributed by atoms with Gasteiger partial charge in [-0.25, -0.2) is 4.79 Å². The van der Waals surface area contributed by atoms with E-state index in [1.807, 2.05) is 17.5 Å². The summed E-state index contributed by atoms with van der Waals surface area (Å²) in [6.07, 6.45) is 0.627. The molecule has 0 spiro atoms. The predicted octanol–water partition coefficient (Wildman–Crippen LogP) is 4.70. The Balaban J connectivity index is 1.47. The van der Waals surface area contributed by atoms with E-state index in [-0.39, 0.29) is 23.5 Å². The first-order valence-electron chi connectivity index (χ1n) is 11.8. The number of thiophene rings is 1. The molecule has 0 aliphatic carbocycles. The second kappa shape index (κ2) is 9.69. The molecule has 1 aromatic carbocycles. The van der Waals surface area contributed by atoms with Crippen LogP contribution in [-0.4, -0.2) is 65.5 Å². The monoisotopic (exact) mass is 510 g/mol. The fourth-order valence-electron chi connectivity index (χ4n) is 4.94. The van der Waals surface area contributed by atoms with Crippen LogP contribution in [0.3, 0.4) is 0 Å². The Kier molecular flexibility index (Phi) is 6.44. The lowest BCUT2D eigenvalue weighted by atomic mass is 9.97. The van der Waals surface area contributed by atoms with Crippen molar-refractivity contribution in [2.75, 3.05) is 26.8 Å². The Morgan fingerprint density at radius 3 is 2.64 bits per heavy atom. The topological polar surface area (TPSA) is 110 Å². The van der Waals surface area contributed by atoms with Crippen molar-refractivity contribution in [3.8, 4) is 5.75 Å². The average molecular weight is 511 g/mol. The number of carbonyl (C=O) groups is 3. The lowest BCUT2D eigenvalue weighted by Gasteiger charge is -2.39. The number of benzene rings is 1. The molecular formula is C26H26N2O7S.